The summed E-state index contributed by atoms with van der Waals surface area (Å²) in [6.07, 6.45) is 0.375. The van der Waals surface area contributed by atoms with Crippen LogP contribution in [0, 0.1) is 10.1 Å². The second kappa shape index (κ2) is 8.22. The summed E-state index contributed by atoms with van der Waals surface area (Å²) in [4.78, 5) is 62.5. The zero-order valence-corrected chi connectivity index (χ0v) is 17.1. The van der Waals surface area contributed by atoms with E-state index in [1.165, 1.54) is 12.1 Å². The summed E-state index contributed by atoms with van der Waals surface area (Å²) in [5, 5.41) is 11.2. The average Bonchev–Trinajstić information content (AvgIpc) is 3.23. The lowest BCUT2D eigenvalue weighted by Gasteiger charge is -2.22. The molecule has 2 aromatic rings. The van der Waals surface area contributed by atoms with Crippen LogP contribution in [0.4, 0.5) is 11.4 Å². The Hall–Kier alpha value is -4.08. The molecular weight excluding hydrogens is 418 g/mol. The lowest BCUT2D eigenvalue weighted by molar-refractivity contribution is -0.385. The summed E-state index contributed by atoms with van der Waals surface area (Å²) in [5.74, 6) is -2.67. The molecule has 0 spiro atoms. The maximum atomic E-state index is 12.6. The van der Waals surface area contributed by atoms with Crippen molar-refractivity contribution >= 4 is 35.1 Å². The first-order chi connectivity index (χ1) is 15.3. The van der Waals surface area contributed by atoms with Gasteiger partial charge in [0.25, 0.3) is 23.4 Å². The number of fused-ring (bicyclic) bond motifs is 2. The van der Waals surface area contributed by atoms with Gasteiger partial charge in [-0.1, -0.05) is 24.3 Å². The summed E-state index contributed by atoms with van der Waals surface area (Å²) in [7, 11) is 0. The van der Waals surface area contributed by atoms with Gasteiger partial charge >= 0.3 is 5.97 Å². The minimum Gasteiger partial charge on any atom is -0.455 e. The Morgan fingerprint density at radius 3 is 2.62 bits per heavy atom. The van der Waals surface area contributed by atoms with Gasteiger partial charge in [-0.3, -0.25) is 34.2 Å². The third-order valence-electron chi connectivity index (χ3n) is 5.55. The van der Waals surface area contributed by atoms with Crippen molar-refractivity contribution in [1.82, 2.24) is 4.90 Å². The molecule has 0 aliphatic carbocycles. The number of carbonyl (C=O) groups excluding carboxylic acids is 4. The van der Waals surface area contributed by atoms with E-state index in [4.69, 9.17) is 4.74 Å². The molecule has 1 unspecified atom stereocenters. The molecule has 2 heterocycles. The topological polar surface area (TPSA) is 127 Å². The number of esters is 1. The summed E-state index contributed by atoms with van der Waals surface area (Å²) < 4.78 is 5.06. The van der Waals surface area contributed by atoms with Crippen molar-refractivity contribution in [3.8, 4) is 0 Å². The van der Waals surface area contributed by atoms with Gasteiger partial charge in [0.15, 0.2) is 6.61 Å². The summed E-state index contributed by atoms with van der Waals surface area (Å²) in [6.45, 7) is 1.13. The smallest absolute Gasteiger partial charge is 0.308 e. The molecule has 0 N–H and O–H groups in total. The van der Waals surface area contributed by atoms with Crippen molar-refractivity contribution in [3.63, 3.8) is 0 Å². The largest absolute Gasteiger partial charge is 0.455 e. The normalized spacial score (nSPS) is 16.7. The number of anilines is 1. The van der Waals surface area contributed by atoms with Gasteiger partial charge in [-0.05, 0) is 31.0 Å². The molecule has 32 heavy (non-hydrogen) atoms. The van der Waals surface area contributed by atoms with Gasteiger partial charge in [-0.2, -0.15) is 0 Å². The van der Waals surface area contributed by atoms with E-state index >= 15 is 0 Å². The fraction of sp³-hybridized carbons (Fsp3) is 0.273. The van der Waals surface area contributed by atoms with Gasteiger partial charge in [0.05, 0.1) is 16.9 Å². The maximum Gasteiger partial charge on any atom is 0.308 e. The van der Waals surface area contributed by atoms with Crippen LogP contribution in [0.15, 0.2) is 42.5 Å². The monoisotopic (exact) mass is 437 g/mol. The zero-order chi connectivity index (χ0) is 23.0. The lowest BCUT2D eigenvalue weighted by Crippen LogP contribution is -2.39. The number of carbonyl (C=O) groups is 4. The van der Waals surface area contributed by atoms with E-state index in [-0.39, 0.29) is 36.0 Å². The van der Waals surface area contributed by atoms with Crippen molar-refractivity contribution in [2.75, 3.05) is 18.1 Å². The summed E-state index contributed by atoms with van der Waals surface area (Å²) in [6, 6.07) is 11.2. The third kappa shape index (κ3) is 3.59. The molecule has 0 radical (unpaired) electrons. The van der Waals surface area contributed by atoms with E-state index < -0.39 is 35.0 Å². The predicted molar refractivity (Wildman–Crippen MR) is 111 cm³/mol. The highest BCUT2D eigenvalue weighted by molar-refractivity contribution is 6.23. The Labute approximate surface area is 182 Å². The number of benzene rings is 2. The van der Waals surface area contributed by atoms with Crippen molar-refractivity contribution in [1.29, 1.82) is 0 Å². The first kappa shape index (κ1) is 21.2. The summed E-state index contributed by atoms with van der Waals surface area (Å²) >= 11 is 0. The van der Waals surface area contributed by atoms with E-state index in [0.717, 1.165) is 22.2 Å². The van der Waals surface area contributed by atoms with E-state index in [1.807, 2.05) is 31.2 Å². The van der Waals surface area contributed by atoms with E-state index in [1.54, 1.807) is 4.90 Å². The highest BCUT2D eigenvalue weighted by atomic mass is 16.6. The van der Waals surface area contributed by atoms with Crippen molar-refractivity contribution < 1.29 is 28.8 Å². The number of hydrogen-bond acceptors (Lipinski definition) is 7. The van der Waals surface area contributed by atoms with E-state index in [2.05, 4.69) is 0 Å². The number of para-hydroxylation sites is 1. The fourth-order valence-electron chi connectivity index (χ4n) is 4.10. The molecule has 0 saturated heterocycles. The molecule has 10 heteroatoms. The third-order valence-corrected chi connectivity index (χ3v) is 5.55. The second-order valence-electron chi connectivity index (χ2n) is 7.58. The first-order valence-electron chi connectivity index (χ1n) is 9.98. The zero-order valence-electron chi connectivity index (χ0n) is 17.1. The van der Waals surface area contributed by atoms with Crippen LogP contribution in [0.3, 0.4) is 0 Å². The molecule has 3 amide bonds. The minimum atomic E-state index is -0.830. The van der Waals surface area contributed by atoms with Crippen molar-refractivity contribution in [2.24, 2.45) is 0 Å². The van der Waals surface area contributed by atoms with Crippen LogP contribution in [0.1, 0.15) is 39.6 Å². The average molecular weight is 437 g/mol. The minimum absolute atomic E-state index is 0.0623. The van der Waals surface area contributed by atoms with Gasteiger partial charge in [-0.15, -0.1) is 0 Å². The number of ether oxygens (including phenoxy) is 1. The molecule has 164 valence electrons. The molecule has 2 aliphatic heterocycles. The van der Waals surface area contributed by atoms with E-state index in [9.17, 15) is 29.3 Å². The van der Waals surface area contributed by atoms with Crippen LogP contribution in [-0.4, -0.2) is 52.7 Å². The molecule has 2 aliphatic rings. The number of nitro groups is 1. The highest BCUT2D eigenvalue weighted by Crippen LogP contribution is 2.32. The Balaban J connectivity index is 1.35. The highest BCUT2D eigenvalue weighted by Gasteiger charge is 2.41. The number of rotatable bonds is 6. The molecular formula is C22H19N3O7. The fourth-order valence-corrected chi connectivity index (χ4v) is 4.10. The van der Waals surface area contributed by atoms with Crippen LogP contribution in [0.25, 0.3) is 0 Å². The van der Waals surface area contributed by atoms with Crippen LogP contribution in [0.2, 0.25) is 0 Å². The molecule has 4 rings (SSSR count). The number of nitrogens with zero attached hydrogens (tertiary/aromatic N) is 3. The molecule has 0 aromatic heterocycles. The van der Waals surface area contributed by atoms with Crippen LogP contribution in [-0.2, 0) is 20.7 Å². The number of amides is 3. The Kier molecular flexibility index (Phi) is 5.43. The number of nitro benzene ring substituents is 1. The molecule has 1 atom stereocenters. The molecule has 0 saturated carbocycles. The maximum absolute atomic E-state index is 12.6. The number of hydrogen-bond donors (Lipinski definition) is 0. The number of imide groups is 1. The SMILES string of the molecule is CC1Cc2ccccc2N1C(=O)COC(=O)CCN1C(=O)c2cccc([N+](=O)[O-])c2C1=O. The molecule has 2 aromatic carbocycles. The Morgan fingerprint density at radius 1 is 1.12 bits per heavy atom. The Morgan fingerprint density at radius 2 is 1.88 bits per heavy atom. The standard InChI is InChI=1S/C22H19N3O7/c1-13-11-14-5-2-3-7-16(14)24(13)18(26)12-32-19(27)9-10-23-21(28)15-6-4-8-17(25(30)31)20(15)22(23)29/h2-8,13H,9-12H2,1H3. The summed E-state index contributed by atoms with van der Waals surface area (Å²) in [5.41, 5.74) is 1.01. The predicted octanol–water partition coefficient (Wildman–Crippen LogP) is 2.10. The van der Waals surface area contributed by atoms with Gasteiger partial charge in [-0.25, -0.2) is 0 Å². The Bertz CT molecular complexity index is 1160. The molecule has 10 nitrogen and oxygen atoms in total. The van der Waals surface area contributed by atoms with Crippen LogP contribution >= 0.6 is 0 Å². The van der Waals surface area contributed by atoms with Gasteiger partial charge in [0, 0.05) is 24.3 Å². The first-order valence-corrected chi connectivity index (χ1v) is 9.98. The molecule has 0 fully saturated rings. The molecule has 0 bridgehead atoms. The van der Waals surface area contributed by atoms with Crippen molar-refractivity contribution in [2.45, 2.75) is 25.8 Å². The quantitative estimate of drug-likeness (QED) is 0.293. The van der Waals surface area contributed by atoms with Crippen LogP contribution in [0.5, 0.6) is 0 Å². The van der Waals surface area contributed by atoms with Gasteiger partial charge in [0.1, 0.15) is 5.56 Å². The lowest BCUT2D eigenvalue weighted by atomic mass is 10.1. The second-order valence-corrected chi connectivity index (χ2v) is 7.58. The van der Waals surface area contributed by atoms with Crippen molar-refractivity contribution in [3.05, 3.63) is 69.3 Å². The van der Waals surface area contributed by atoms with Crippen LogP contribution < -0.4 is 4.90 Å². The van der Waals surface area contributed by atoms with Gasteiger partial charge in [0.2, 0.25) is 0 Å². The van der Waals surface area contributed by atoms with Gasteiger partial charge < -0.3 is 9.64 Å². The van der Waals surface area contributed by atoms with E-state index in [0.29, 0.717) is 6.42 Å².